The van der Waals surface area contributed by atoms with Gasteiger partial charge in [-0.2, -0.15) is 0 Å². The van der Waals surface area contributed by atoms with E-state index < -0.39 is 0 Å². The minimum Gasteiger partial charge on any atom is -0.398 e. The van der Waals surface area contributed by atoms with Crippen molar-refractivity contribution in [3.05, 3.63) is 29.3 Å². The Kier molecular flexibility index (Phi) is 3.53. The first-order chi connectivity index (χ1) is 9.15. The van der Waals surface area contributed by atoms with Crippen LogP contribution in [0.5, 0.6) is 0 Å². The predicted octanol–water partition coefficient (Wildman–Crippen LogP) is 3.45. The topological polar surface area (TPSA) is 29.3 Å². The third-order valence-electron chi connectivity index (χ3n) is 5.43. The van der Waals surface area contributed by atoms with E-state index in [0.717, 1.165) is 30.1 Å². The molecule has 104 valence electrons. The Bertz CT molecular complexity index is 455. The van der Waals surface area contributed by atoms with Crippen molar-refractivity contribution >= 4 is 5.69 Å². The second-order valence-corrected chi connectivity index (χ2v) is 6.63. The number of nitrogens with two attached hydrogens (primary N) is 1. The van der Waals surface area contributed by atoms with Crippen molar-refractivity contribution in [2.45, 2.75) is 52.1 Å². The van der Waals surface area contributed by atoms with Crippen molar-refractivity contribution < 1.29 is 0 Å². The minimum atomic E-state index is 0.777. The molecule has 2 nitrogen and oxygen atoms in total. The first-order valence-electron chi connectivity index (χ1n) is 7.75. The molecule has 3 atom stereocenters. The molecule has 1 heterocycles. The molecule has 0 radical (unpaired) electrons. The van der Waals surface area contributed by atoms with E-state index in [1.807, 2.05) is 6.07 Å². The average Bonchev–Trinajstić information content (AvgIpc) is 2.42. The Balaban J connectivity index is 1.73. The maximum atomic E-state index is 6.16. The molecule has 1 aromatic rings. The molecule has 1 fully saturated rings. The van der Waals surface area contributed by atoms with E-state index >= 15 is 0 Å². The van der Waals surface area contributed by atoms with Crippen LogP contribution >= 0.6 is 0 Å². The highest BCUT2D eigenvalue weighted by atomic mass is 15.2. The molecule has 1 saturated carbocycles. The van der Waals surface area contributed by atoms with Crippen molar-refractivity contribution in [3.63, 3.8) is 0 Å². The molecule has 0 amide bonds. The smallest absolute Gasteiger partial charge is 0.0362 e. The number of rotatable bonds is 1. The molecule has 2 aliphatic rings. The number of fused-ring (bicyclic) bond motifs is 1. The Morgan fingerprint density at radius 1 is 1.16 bits per heavy atom. The van der Waals surface area contributed by atoms with Crippen LogP contribution in [0.3, 0.4) is 0 Å². The number of benzene rings is 1. The van der Waals surface area contributed by atoms with Crippen LogP contribution in [-0.4, -0.2) is 17.5 Å². The van der Waals surface area contributed by atoms with Gasteiger partial charge in [0.2, 0.25) is 0 Å². The molecule has 0 aromatic heterocycles. The average molecular weight is 258 g/mol. The van der Waals surface area contributed by atoms with E-state index in [1.54, 1.807) is 0 Å². The van der Waals surface area contributed by atoms with E-state index in [9.17, 15) is 0 Å². The normalized spacial score (nSPS) is 32.0. The van der Waals surface area contributed by atoms with Gasteiger partial charge in [-0.05, 0) is 54.7 Å². The van der Waals surface area contributed by atoms with Crippen molar-refractivity contribution in [1.82, 2.24) is 4.90 Å². The maximum Gasteiger partial charge on any atom is 0.0362 e. The first kappa shape index (κ1) is 13.0. The van der Waals surface area contributed by atoms with E-state index in [0.29, 0.717) is 0 Å². The van der Waals surface area contributed by atoms with Gasteiger partial charge in [-0.3, -0.25) is 4.90 Å². The Labute approximate surface area is 117 Å². The van der Waals surface area contributed by atoms with Crippen LogP contribution in [-0.2, 0) is 13.0 Å². The SMILES string of the molecule is CC1CCC(N2CCc3cccc(N)c3C2)CC1C. The van der Waals surface area contributed by atoms with Crippen molar-refractivity contribution in [3.8, 4) is 0 Å². The molecule has 2 heteroatoms. The summed E-state index contributed by atoms with van der Waals surface area (Å²) in [5, 5.41) is 0. The zero-order valence-electron chi connectivity index (χ0n) is 12.2. The highest BCUT2D eigenvalue weighted by Gasteiger charge is 2.30. The number of nitrogen functional groups attached to an aromatic ring is 1. The lowest BCUT2D eigenvalue weighted by Gasteiger charge is -2.41. The predicted molar refractivity (Wildman–Crippen MR) is 80.9 cm³/mol. The zero-order chi connectivity index (χ0) is 13.4. The highest BCUT2D eigenvalue weighted by molar-refractivity contribution is 5.51. The summed E-state index contributed by atoms with van der Waals surface area (Å²) in [6.07, 6.45) is 5.29. The highest BCUT2D eigenvalue weighted by Crippen LogP contribution is 2.35. The van der Waals surface area contributed by atoms with Gasteiger partial charge in [-0.1, -0.05) is 26.0 Å². The molecule has 3 unspecified atom stereocenters. The van der Waals surface area contributed by atoms with E-state index in [-0.39, 0.29) is 0 Å². The van der Waals surface area contributed by atoms with Gasteiger partial charge in [-0.15, -0.1) is 0 Å². The monoisotopic (exact) mass is 258 g/mol. The second kappa shape index (κ2) is 5.16. The van der Waals surface area contributed by atoms with Gasteiger partial charge in [0.1, 0.15) is 0 Å². The van der Waals surface area contributed by atoms with Gasteiger partial charge < -0.3 is 5.73 Å². The van der Waals surface area contributed by atoms with Gasteiger partial charge in [0.05, 0.1) is 0 Å². The second-order valence-electron chi connectivity index (χ2n) is 6.63. The molecule has 0 spiro atoms. The zero-order valence-corrected chi connectivity index (χ0v) is 12.2. The molecule has 3 rings (SSSR count). The van der Waals surface area contributed by atoms with Gasteiger partial charge in [-0.25, -0.2) is 0 Å². The Morgan fingerprint density at radius 3 is 2.79 bits per heavy atom. The summed E-state index contributed by atoms with van der Waals surface area (Å²) in [7, 11) is 0. The number of hydrogen-bond acceptors (Lipinski definition) is 2. The molecular weight excluding hydrogens is 232 g/mol. The van der Waals surface area contributed by atoms with Gasteiger partial charge in [0.25, 0.3) is 0 Å². The van der Waals surface area contributed by atoms with Gasteiger partial charge in [0.15, 0.2) is 0 Å². The minimum absolute atomic E-state index is 0.777. The van der Waals surface area contributed by atoms with E-state index in [4.69, 9.17) is 5.73 Å². The van der Waals surface area contributed by atoms with Crippen molar-refractivity contribution in [1.29, 1.82) is 0 Å². The summed E-state index contributed by atoms with van der Waals surface area (Å²) in [4.78, 5) is 2.68. The molecule has 1 aliphatic heterocycles. The maximum absolute atomic E-state index is 6.16. The van der Waals surface area contributed by atoms with Gasteiger partial charge >= 0.3 is 0 Å². The van der Waals surface area contributed by atoms with Crippen LogP contribution < -0.4 is 5.73 Å². The van der Waals surface area contributed by atoms with Crippen LogP contribution in [0.4, 0.5) is 5.69 Å². The molecule has 1 aromatic carbocycles. The molecular formula is C17H26N2. The van der Waals surface area contributed by atoms with Crippen molar-refractivity contribution in [2.24, 2.45) is 11.8 Å². The number of nitrogens with zero attached hydrogens (tertiary/aromatic N) is 1. The standard InChI is InChI=1S/C17H26N2/c1-12-6-7-15(10-13(12)2)19-9-8-14-4-3-5-17(18)16(14)11-19/h3-5,12-13,15H,6-11,18H2,1-2H3. The molecule has 0 saturated heterocycles. The number of hydrogen-bond donors (Lipinski definition) is 1. The summed E-state index contributed by atoms with van der Waals surface area (Å²) >= 11 is 0. The lowest BCUT2D eigenvalue weighted by molar-refractivity contribution is 0.0981. The Morgan fingerprint density at radius 2 is 2.00 bits per heavy atom. The first-order valence-corrected chi connectivity index (χ1v) is 7.75. The third-order valence-corrected chi connectivity index (χ3v) is 5.43. The fourth-order valence-electron chi connectivity index (χ4n) is 3.79. The van der Waals surface area contributed by atoms with Crippen LogP contribution in [0.2, 0.25) is 0 Å². The molecule has 19 heavy (non-hydrogen) atoms. The summed E-state index contributed by atoms with van der Waals surface area (Å²) in [5.74, 6) is 1.77. The van der Waals surface area contributed by atoms with Crippen LogP contribution in [0, 0.1) is 11.8 Å². The molecule has 2 N–H and O–H groups in total. The summed E-state index contributed by atoms with van der Waals surface area (Å²) in [5.41, 5.74) is 10.00. The largest absolute Gasteiger partial charge is 0.398 e. The summed E-state index contributed by atoms with van der Waals surface area (Å²) in [6.45, 7) is 7.10. The third kappa shape index (κ3) is 2.51. The van der Waals surface area contributed by atoms with E-state index in [2.05, 4.69) is 30.9 Å². The summed E-state index contributed by atoms with van der Waals surface area (Å²) in [6, 6.07) is 7.16. The van der Waals surface area contributed by atoms with Crippen molar-refractivity contribution in [2.75, 3.05) is 12.3 Å². The Hall–Kier alpha value is -1.02. The quantitative estimate of drug-likeness (QED) is 0.782. The van der Waals surface area contributed by atoms with Crippen LogP contribution in [0.15, 0.2) is 18.2 Å². The lowest BCUT2D eigenvalue weighted by atomic mass is 9.78. The van der Waals surface area contributed by atoms with Gasteiger partial charge in [0, 0.05) is 24.8 Å². The fraction of sp³-hybridized carbons (Fsp3) is 0.647. The van der Waals surface area contributed by atoms with Crippen LogP contribution in [0.1, 0.15) is 44.2 Å². The van der Waals surface area contributed by atoms with Crippen LogP contribution in [0.25, 0.3) is 0 Å². The van der Waals surface area contributed by atoms with E-state index in [1.165, 1.54) is 43.4 Å². The molecule has 0 bridgehead atoms. The summed E-state index contributed by atoms with van der Waals surface area (Å²) < 4.78 is 0. The number of anilines is 1. The lowest BCUT2D eigenvalue weighted by Crippen LogP contribution is -2.43. The fourth-order valence-corrected chi connectivity index (χ4v) is 3.79. The molecule has 1 aliphatic carbocycles.